The molecule has 10 heteroatoms. The summed E-state index contributed by atoms with van der Waals surface area (Å²) in [7, 11) is 0. The van der Waals surface area contributed by atoms with Crippen molar-refractivity contribution in [2.75, 3.05) is 39.4 Å². The molecule has 3 rings (SSSR count). The molecule has 0 saturated carbocycles. The van der Waals surface area contributed by atoms with Crippen LogP contribution >= 0.6 is 36.4 Å². The van der Waals surface area contributed by atoms with Crippen molar-refractivity contribution in [1.29, 1.82) is 0 Å². The van der Waals surface area contributed by atoms with Crippen LogP contribution in [0, 0.1) is 0 Å². The van der Waals surface area contributed by atoms with Crippen molar-refractivity contribution in [3.63, 3.8) is 0 Å². The number of nitrogens with zero attached hydrogens (tertiary/aromatic N) is 1. The molecule has 1 amide bonds. The lowest BCUT2D eigenvalue weighted by atomic mass is 10.0. The lowest BCUT2D eigenvalue weighted by Crippen LogP contribution is -2.47. The van der Waals surface area contributed by atoms with Gasteiger partial charge in [0, 0.05) is 31.1 Å². The van der Waals surface area contributed by atoms with E-state index in [1.807, 2.05) is 24.3 Å². The molecule has 2 atom stereocenters. The van der Waals surface area contributed by atoms with Gasteiger partial charge in [0.05, 0.1) is 31.8 Å². The summed E-state index contributed by atoms with van der Waals surface area (Å²) in [4.78, 5) is 14.5. The number of amides is 1. The predicted molar refractivity (Wildman–Crippen MR) is 105 cm³/mol. The highest BCUT2D eigenvalue weighted by Gasteiger charge is 2.42. The average molecular weight is 447 g/mol. The Hall–Kier alpha value is -0.700. The lowest BCUT2D eigenvalue weighted by Gasteiger charge is -2.35. The zero-order chi connectivity index (χ0) is 17.9. The zero-order valence-electron chi connectivity index (χ0n) is 14.6. The van der Waals surface area contributed by atoms with Crippen LogP contribution in [0.5, 0.6) is 0 Å². The van der Waals surface area contributed by atoms with Crippen molar-refractivity contribution in [2.45, 2.75) is 24.4 Å². The summed E-state index contributed by atoms with van der Waals surface area (Å²) in [5.74, 6) is -3.20. The van der Waals surface area contributed by atoms with Crippen LogP contribution in [0.2, 0.25) is 5.02 Å². The van der Waals surface area contributed by atoms with E-state index >= 15 is 0 Å². The van der Waals surface area contributed by atoms with Crippen molar-refractivity contribution >= 4 is 42.3 Å². The maximum absolute atomic E-state index is 13.3. The summed E-state index contributed by atoms with van der Waals surface area (Å²) in [5.41, 5.74) is 1.02. The van der Waals surface area contributed by atoms with Gasteiger partial charge in [-0.25, -0.2) is 8.78 Å². The first kappa shape index (κ1) is 24.3. The first-order valence-corrected chi connectivity index (χ1v) is 8.79. The highest BCUT2D eigenvalue weighted by atomic mass is 35.5. The number of hydrogen-bond donors (Lipinski definition) is 2. The second-order valence-electron chi connectivity index (χ2n) is 6.45. The van der Waals surface area contributed by atoms with E-state index in [1.165, 1.54) is 0 Å². The highest BCUT2D eigenvalue weighted by molar-refractivity contribution is 6.30. The quantitative estimate of drug-likeness (QED) is 0.730. The van der Waals surface area contributed by atoms with E-state index in [9.17, 15) is 13.6 Å². The second-order valence-corrected chi connectivity index (χ2v) is 6.89. The Morgan fingerprint density at radius 1 is 1.30 bits per heavy atom. The number of nitrogens with one attached hydrogen (secondary N) is 2. The molecule has 5 nitrogen and oxygen atoms in total. The van der Waals surface area contributed by atoms with E-state index in [1.54, 1.807) is 0 Å². The van der Waals surface area contributed by atoms with Gasteiger partial charge in [-0.3, -0.25) is 15.0 Å². The second kappa shape index (κ2) is 10.7. The molecule has 2 N–H and O–H groups in total. The largest absolute Gasteiger partial charge is 0.379 e. The molecule has 2 heterocycles. The van der Waals surface area contributed by atoms with Crippen LogP contribution in [0.3, 0.4) is 0 Å². The lowest BCUT2D eigenvalue weighted by molar-refractivity contribution is -0.123. The van der Waals surface area contributed by atoms with Gasteiger partial charge in [-0.1, -0.05) is 23.7 Å². The smallest absolute Gasteiger partial charge is 0.262 e. The van der Waals surface area contributed by atoms with Gasteiger partial charge in [0.25, 0.3) is 5.92 Å². The van der Waals surface area contributed by atoms with Gasteiger partial charge in [0.15, 0.2) is 0 Å². The SMILES string of the molecule is Cl.Cl.O=C(NCC(c1ccc(Cl)cc1)N1CCOCC1)C1CC(F)(F)CN1. The van der Waals surface area contributed by atoms with Crippen LogP contribution in [0.15, 0.2) is 24.3 Å². The Kier molecular flexibility index (Phi) is 9.68. The summed E-state index contributed by atoms with van der Waals surface area (Å²) in [5, 5.41) is 6.05. The Labute approximate surface area is 175 Å². The van der Waals surface area contributed by atoms with Crippen LogP contribution in [0.4, 0.5) is 8.78 Å². The molecule has 0 aliphatic carbocycles. The highest BCUT2D eigenvalue weighted by Crippen LogP contribution is 2.26. The minimum atomic E-state index is -2.82. The number of benzene rings is 1. The predicted octanol–water partition coefficient (Wildman–Crippen LogP) is 2.67. The molecule has 1 aromatic rings. The van der Waals surface area contributed by atoms with Crippen LogP contribution in [-0.2, 0) is 9.53 Å². The minimum absolute atomic E-state index is 0. The number of alkyl halides is 2. The molecule has 2 saturated heterocycles. The van der Waals surface area contributed by atoms with Gasteiger partial charge < -0.3 is 10.1 Å². The molecule has 0 bridgehead atoms. The van der Waals surface area contributed by atoms with Crippen LogP contribution in [0.25, 0.3) is 0 Å². The van der Waals surface area contributed by atoms with Crippen molar-refractivity contribution in [3.05, 3.63) is 34.9 Å². The third-order valence-electron chi connectivity index (χ3n) is 4.64. The number of hydrogen-bond acceptors (Lipinski definition) is 4. The van der Waals surface area contributed by atoms with E-state index in [2.05, 4.69) is 15.5 Å². The number of morpholine rings is 1. The number of carbonyl (C=O) groups excluding carboxylic acids is 1. The fraction of sp³-hybridized carbons (Fsp3) is 0.588. The summed E-state index contributed by atoms with van der Waals surface area (Å²) in [6.07, 6.45) is -0.456. The third kappa shape index (κ3) is 6.69. The first-order valence-electron chi connectivity index (χ1n) is 8.41. The molecule has 154 valence electrons. The molecular formula is C17H24Cl3F2N3O2. The van der Waals surface area contributed by atoms with Gasteiger partial charge in [-0.2, -0.15) is 0 Å². The van der Waals surface area contributed by atoms with E-state index in [4.69, 9.17) is 16.3 Å². The van der Waals surface area contributed by atoms with Gasteiger partial charge >= 0.3 is 0 Å². The van der Waals surface area contributed by atoms with Gasteiger partial charge in [-0.15, -0.1) is 24.8 Å². The molecule has 2 aliphatic heterocycles. The van der Waals surface area contributed by atoms with Gasteiger partial charge in [-0.05, 0) is 17.7 Å². The summed E-state index contributed by atoms with van der Waals surface area (Å²) in [6.45, 7) is 2.67. The number of carbonyl (C=O) groups is 1. The Morgan fingerprint density at radius 2 is 1.93 bits per heavy atom. The number of rotatable bonds is 5. The van der Waals surface area contributed by atoms with Crippen molar-refractivity contribution in [1.82, 2.24) is 15.5 Å². The molecule has 0 spiro atoms. The molecule has 2 unspecified atom stereocenters. The fourth-order valence-electron chi connectivity index (χ4n) is 3.25. The fourth-order valence-corrected chi connectivity index (χ4v) is 3.38. The maximum atomic E-state index is 13.3. The van der Waals surface area contributed by atoms with E-state index < -0.39 is 24.9 Å². The standard InChI is InChI=1S/C17H22ClF2N3O2.2ClH/c18-13-3-1-12(2-4-13)15(23-5-7-25-8-6-23)10-21-16(24)14-9-17(19,20)11-22-14;;/h1-4,14-15,22H,5-11H2,(H,21,24);2*1H. The summed E-state index contributed by atoms with van der Waals surface area (Å²) >= 11 is 5.96. The molecule has 27 heavy (non-hydrogen) atoms. The summed E-state index contributed by atoms with van der Waals surface area (Å²) in [6, 6.07) is 6.58. The maximum Gasteiger partial charge on any atom is 0.262 e. The summed E-state index contributed by atoms with van der Waals surface area (Å²) < 4.78 is 31.9. The van der Waals surface area contributed by atoms with E-state index in [-0.39, 0.29) is 36.8 Å². The molecule has 0 radical (unpaired) electrons. The van der Waals surface area contributed by atoms with Gasteiger partial charge in [0.2, 0.25) is 5.91 Å². The molecule has 2 fully saturated rings. The molecule has 0 aromatic heterocycles. The first-order chi connectivity index (χ1) is 11.9. The van der Waals surface area contributed by atoms with Crippen LogP contribution in [-0.4, -0.2) is 62.2 Å². The molecular weight excluding hydrogens is 423 g/mol. The average Bonchev–Trinajstić information content (AvgIpc) is 2.97. The Balaban J connectivity index is 0.00000182. The minimum Gasteiger partial charge on any atom is -0.379 e. The monoisotopic (exact) mass is 445 g/mol. The Morgan fingerprint density at radius 3 is 2.48 bits per heavy atom. The number of ether oxygens (including phenoxy) is 1. The number of halogens is 5. The Bertz CT molecular complexity index is 602. The molecule has 2 aliphatic rings. The van der Waals surface area contributed by atoms with Crippen molar-refractivity contribution in [3.8, 4) is 0 Å². The zero-order valence-corrected chi connectivity index (χ0v) is 17.0. The normalized spacial score (nSPS) is 23.0. The van der Waals surface area contributed by atoms with Crippen molar-refractivity contribution in [2.24, 2.45) is 0 Å². The van der Waals surface area contributed by atoms with Crippen LogP contribution < -0.4 is 10.6 Å². The van der Waals surface area contributed by atoms with E-state index in [0.29, 0.717) is 24.8 Å². The van der Waals surface area contributed by atoms with Crippen LogP contribution in [0.1, 0.15) is 18.0 Å². The third-order valence-corrected chi connectivity index (χ3v) is 4.89. The van der Waals surface area contributed by atoms with Gasteiger partial charge in [0.1, 0.15) is 0 Å². The van der Waals surface area contributed by atoms with E-state index in [0.717, 1.165) is 18.7 Å². The topological polar surface area (TPSA) is 53.6 Å². The van der Waals surface area contributed by atoms with Crippen molar-refractivity contribution < 1.29 is 18.3 Å². The molecule has 1 aromatic carbocycles.